The lowest BCUT2D eigenvalue weighted by atomic mass is 10.1. The molecule has 0 bridgehead atoms. The molecule has 35 heavy (non-hydrogen) atoms. The van der Waals surface area contributed by atoms with Gasteiger partial charge in [-0.25, -0.2) is 5.43 Å². The van der Waals surface area contributed by atoms with Crippen LogP contribution >= 0.6 is 11.8 Å². The number of thioether (sulfide) groups is 1. The summed E-state index contributed by atoms with van der Waals surface area (Å²) in [6, 6.07) is 23.5. The fraction of sp³-hybridized carbons (Fsp3) is 0.120. The van der Waals surface area contributed by atoms with Gasteiger partial charge in [0.2, 0.25) is 0 Å². The van der Waals surface area contributed by atoms with Gasteiger partial charge in [0, 0.05) is 23.4 Å². The lowest BCUT2D eigenvalue weighted by Crippen LogP contribution is -2.21. The maximum Gasteiger partial charge on any atom is 0.270 e. The first-order valence-electron chi connectivity index (χ1n) is 10.7. The monoisotopic (exact) mass is 486 g/mol. The Labute approximate surface area is 206 Å². The standard InChI is InChI=1S/C25H22N6O3S/c1-17-11-13-19(14-12-17)18(2)26-27-23(32)16-35-25-29-28-24(30(25)21-8-4-3-5-9-21)20-7-6-10-22(15-20)31(33)34/h3-15H,16H2,1-2H3,(H,27,32). The molecule has 0 spiro atoms. The summed E-state index contributed by atoms with van der Waals surface area (Å²) in [5.74, 6) is 0.210. The number of carbonyl (C=O) groups is 1. The number of nitro groups is 1. The molecule has 1 heterocycles. The predicted octanol–water partition coefficient (Wildman–Crippen LogP) is 4.78. The molecule has 4 aromatic rings. The molecule has 0 unspecified atom stereocenters. The first kappa shape index (κ1) is 23.8. The van der Waals surface area contributed by atoms with Gasteiger partial charge in [0.05, 0.1) is 16.4 Å². The summed E-state index contributed by atoms with van der Waals surface area (Å²) >= 11 is 1.20. The molecule has 10 heteroatoms. The third-order valence-corrected chi connectivity index (χ3v) is 6.04. The fourth-order valence-electron chi connectivity index (χ4n) is 3.29. The van der Waals surface area contributed by atoms with Gasteiger partial charge in [-0.3, -0.25) is 19.5 Å². The minimum absolute atomic E-state index is 0.0412. The molecule has 1 aromatic heterocycles. The molecule has 9 nitrogen and oxygen atoms in total. The second-order valence-corrected chi connectivity index (χ2v) is 8.61. The Kier molecular flexibility index (Phi) is 7.32. The van der Waals surface area contributed by atoms with Gasteiger partial charge in [0.1, 0.15) is 0 Å². The second kappa shape index (κ2) is 10.7. The van der Waals surface area contributed by atoms with Crippen molar-refractivity contribution >= 4 is 29.1 Å². The molecule has 0 radical (unpaired) electrons. The molecule has 0 aliphatic rings. The first-order valence-corrected chi connectivity index (χ1v) is 11.7. The van der Waals surface area contributed by atoms with E-state index in [0.29, 0.717) is 22.3 Å². The molecule has 0 fully saturated rings. The van der Waals surface area contributed by atoms with E-state index in [-0.39, 0.29) is 17.3 Å². The molecule has 1 amide bonds. The van der Waals surface area contributed by atoms with Crippen molar-refractivity contribution in [2.45, 2.75) is 19.0 Å². The van der Waals surface area contributed by atoms with E-state index in [2.05, 4.69) is 20.7 Å². The Hall–Kier alpha value is -4.31. The van der Waals surface area contributed by atoms with Crippen LogP contribution in [0.3, 0.4) is 0 Å². The molecular formula is C25H22N6O3S. The smallest absolute Gasteiger partial charge is 0.270 e. The quantitative estimate of drug-likeness (QED) is 0.166. The molecule has 0 aliphatic heterocycles. The molecule has 4 rings (SSSR count). The summed E-state index contributed by atoms with van der Waals surface area (Å²) in [7, 11) is 0. The predicted molar refractivity (Wildman–Crippen MR) is 136 cm³/mol. The number of hydrogen-bond acceptors (Lipinski definition) is 7. The van der Waals surface area contributed by atoms with Crippen LogP contribution in [0.1, 0.15) is 18.1 Å². The van der Waals surface area contributed by atoms with Gasteiger partial charge in [-0.1, -0.05) is 71.9 Å². The number of hydrazone groups is 1. The SMILES string of the molecule is CC(=NNC(=O)CSc1nnc(-c2cccc([N+](=O)[O-])c2)n1-c1ccccc1)c1ccc(C)cc1. The Morgan fingerprint density at radius 3 is 2.51 bits per heavy atom. The summed E-state index contributed by atoms with van der Waals surface area (Å²) < 4.78 is 1.78. The third kappa shape index (κ3) is 5.79. The number of nitrogens with one attached hydrogen (secondary N) is 1. The van der Waals surface area contributed by atoms with Gasteiger partial charge in [-0.05, 0) is 31.5 Å². The number of aryl methyl sites for hydroxylation is 1. The van der Waals surface area contributed by atoms with E-state index < -0.39 is 4.92 Å². The van der Waals surface area contributed by atoms with Crippen molar-refractivity contribution in [1.82, 2.24) is 20.2 Å². The van der Waals surface area contributed by atoms with Crippen LogP contribution in [-0.2, 0) is 4.79 Å². The van der Waals surface area contributed by atoms with E-state index in [9.17, 15) is 14.9 Å². The number of para-hydroxylation sites is 1. The molecule has 1 N–H and O–H groups in total. The zero-order valence-electron chi connectivity index (χ0n) is 19.1. The summed E-state index contributed by atoms with van der Waals surface area (Å²) in [4.78, 5) is 23.3. The number of non-ortho nitro benzene ring substituents is 1. The van der Waals surface area contributed by atoms with Gasteiger partial charge in [-0.15, -0.1) is 10.2 Å². The number of nitrogens with zero attached hydrogens (tertiary/aromatic N) is 5. The van der Waals surface area contributed by atoms with Crippen LogP contribution in [0.5, 0.6) is 0 Å². The number of nitro benzene ring substituents is 1. The summed E-state index contributed by atoms with van der Waals surface area (Å²) in [5.41, 5.74) is 6.63. The summed E-state index contributed by atoms with van der Waals surface area (Å²) in [5, 5.41) is 24.4. The van der Waals surface area contributed by atoms with E-state index in [4.69, 9.17) is 0 Å². The van der Waals surface area contributed by atoms with E-state index in [1.807, 2.05) is 68.4 Å². The van der Waals surface area contributed by atoms with Crippen molar-refractivity contribution < 1.29 is 9.72 Å². The van der Waals surface area contributed by atoms with Gasteiger partial charge >= 0.3 is 0 Å². The zero-order valence-corrected chi connectivity index (χ0v) is 19.9. The highest BCUT2D eigenvalue weighted by Crippen LogP contribution is 2.29. The van der Waals surface area contributed by atoms with Crippen LogP contribution in [0, 0.1) is 17.0 Å². The number of hydrogen-bond donors (Lipinski definition) is 1. The average Bonchev–Trinajstić information content (AvgIpc) is 3.31. The van der Waals surface area contributed by atoms with E-state index >= 15 is 0 Å². The van der Waals surface area contributed by atoms with E-state index in [1.165, 1.54) is 23.9 Å². The van der Waals surface area contributed by atoms with Crippen LogP contribution in [-0.4, -0.2) is 37.1 Å². The van der Waals surface area contributed by atoms with Crippen LogP contribution in [0.4, 0.5) is 5.69 Å². The Bertz CT molecular complexity index is 1380. The normalized spacial score (nSPS) is 11.3. The lowest BCUT2D eigenvalue weighted by Gasteiger charge is -2.10. The van der Waals surface area contributed by atoms with Crippen molar-refractivity contribution in [2.24, 2.45) is 5.10 Å². The minimum Gasteiger partial charge on any atom is -0.272 e. The van der Waals surface area contributed by atoms with Gasteiger partial charge in [0.15, 0.2) is 11.0 Å². The molecular weight excluding hydrogens is 464 g/mol. The lowest BCUT2D eigenvalue weighted by molar-refractivity contribution is -0.384. The number of amides is 1. The number of rotatable bonds is 8. The molecule has 176 valence electrons. The summed E-state index contributed by atoms with van der Waals surface area (Å²) in [6.07, 6.45) is 0. The fourth-order valence-corrected chi connectivity index (χ4v) is 4.03. The third-order valence-electron chi connectivity index (χ3n) is 5.11. The number of aromatic nitrogens is 3. The van der Waals surface area contributed by atoms with Crippen molar-refractivity contribution in [2.75, 3.05) is 5.75 Å². The van der Waals surface area contributed by atoms with Gasteiger partial charge < -0.3 is 0 Å². The average molecular weight is 487 g/mol. The van der Waals surface area contributed by atoms with Crippen molar-refractivity contribution in [3.63, 3.8) is 0 Å². The van der Waals surface area contributed by atoms with E-state index in [0.717, 1.165) is 16.8 Å². The minimum atomic E-state index is -0.453. The van der Waals surface area contributed by atoms with Crippen LogP contribution < -0.4 is 5.43 Å². The molecule has 0 atom stereocenters. The first-order chi connectivity index (χ1) is 16.9. The van der Waals surface area contributed by atoms with E-state index in [1.54, 1.807) is 16.7 Å². The van der Waals surface area contributed by atoms with Crippen molar-refractivity contribution in [3.05, 3.63) is 100 Å². The van der Waals surface area contributed by atoms with Crippen LogP contribution in [0.2, 0.25) is 0 Å². The number of benzene rings is 3. The van der Waals surface area contributed by atoms with Crippen LogP contribution in [0.25, 0.3) is 17.1 Å². The second-order valence-electron chi connectivity index (χ2n) is 7.67. The molecule has 0 aliphatic carbocycles. The van der Waals surface area contributed by atoms with Crippen molar-refractivity contribution in [1.29, 1.82) is 0 Å². The zero-order chi connectivity index (χ0) is 24.8. The summed E-state index contributed by atoms with van der Waals surface area (Å²) in [6.45, 7) is 3.84. The van der Waals surface area contributed by atoms with Crippen LogP contribution in [0.15, 0.2) is 89.1 Å². The Morgan fingerprint density at radius 2 is 1.80 bits per heavy atom. The van der Waals surface area contributed by atoms with Gasteiger partial charge in [0.25, 0.3) is 11.6 Å². The highest BCUT2D eigenvalue weighted by Gasteiger charge is 2.19. The van der Waals surface area contributed by atoms with Gasteiger partial charge in [-0.2, -0.15) is 5.10 Å². The van der Waals surface area contributed by atoms with Crippen molar-refractivity contribution in [3.8, 4) is 17.1 Å². The largest absolute Gasteiger partial charge is 0.272 e. The Morgan fingerprint density at radius 1 is 1.06 bits per heavy atom. The molecule has 0 saturated heterocycles. The number of carbonyl (C=O) groups excluding carboxylic acids is 1. The Balaban J connectivity index is 1.54. The molecule has 0 saturated carbocycles. The highest BCUT2D eigenvalue weighted by atomic mass is 32.2. The topological polar surface area (TPSA) is 115 Å². The highest BCUT2D eigenvalue weighted by molar-refractivity contribution is 7.99. The maximum absolute atomic E-state index is 12.5. The maximum atomic E-state index is 12.5. The molecule has 3 aromatic carbocycles.